The Hall–Kier alpha value is -3.09. The van der Waals surface area contributed by atoms with Crippen molar-refractivity contribution in [2.24, 2.45) is 0 Å². The fourth-order valence-electron chi connectivity index (χ4n) is 5.08. The molecule has 32 heavy (non-hydrogen) atoms. The molecule has 7 nitrogen and oxygen atoms in total. The van der Waals surface area contributed by atoms with E-state index in [0.717, 1.165) is 63.1 Å². The van der Waals surface area contributed by atoms with Gasteiger partial charge in [0.25, 0.3) is 5.56 Å². The maximum absolute atomic E-state index is 13.1. The number of rotatable bonds is 4. The van der Waals surface area contributed by atoms with Crippen LogP contribution in [0, 0.1) is 13.8 Å². The van der Waals surface area contributed by atoms with Gasteiger partial charge in [-0.05, 0) is 56.7 Å². The predicted molar refractivity (Wildman–Crippen MR) is 125 cm³/mol. The van der Waals surface area contributed by atoms with Crippen molar-refractivity contribution in [3.8, 4) is 0 Å². The summed E-state index contributed by atoms with van der Waals surface area (Å²) < 4.78 is 3.40. The molecule has 0 unspecified atom stereocenters. The highest BCUT2D eigenvalue weighted by Crippen LogP contribution is 2.24. The third-order valence-corrected chi connectivity index (χ3v) is 7.15. The van der Waals surface area contributed by atoms with Crippen LogP contribution in [0.25, 0.3) is 5.52 Å². The lowest BCUT2D eigenvalue weighted by Gasteiger charge is -2.37. The van der Waals surface area contributed by atoms with Crippen molar-refractivity contribution in [1.82, 2.24) is 19.1 Å². The number of hydrogen-bond acceptors (Lipinski definition) is 4. The second-order valence-electron chi connectivity index (χ2n) is 9.06. The van der Waals surface area contributed by atoms with Crippen LogP contribution < -0.4 is 10.5 Å². The molecule has 1 aliphatic carbocycles. The molecule has 5 rings (SSSR count). The first-order valence-corrected chi connectivity index (χ1v) is 11.7. The van der Waals surface area contributed by atoms with Gasteiger partial charge in [0.15, 0.2) is 0 Å². The van der Waals surface area contributed by atoms with Crippen molar-refractivity contribution in [2.45, 2.75) is 52.5 Å². The Labute approximate surface area is 188 Å². The molecule has 2 aromatic heterocycles. The van der Waals surface area contributed by atoms with E-state index in [2.05, 4.69) is 42.0 Å². The molecule has 2 aliphatic rings. The molecule has 1 amide bonds. The van der Waals surface area contributed by atoms with Crippen molar-refractivity contribution in [3.63, 3.8) is 0 Å². The Morgan fingerprint density at radius 2 is 1.81 bits per heavy atom. The minimum absolute atomic E-state index is 0.0318. The van der Waals surface area contributed by atoms with Crippen LogP contribution in [0.1, 0.15) is 41.6 Å². The average Bonchev–Trinajstić information content (AvgIpc) is 3.20. The summed E-state index contributed by atoms with van der Waals surface area (Å²) in [5, 5.41) is 4.59. The summed E-state index contributed by atoms with van der Waals surface area (Å²) in [5.41, 5.74) is 6.69. The number of fused-ring (bicyclic) bond motifs is 3. The third kappa shape index (κ3) is 3.70. The topological polar surface area (TPSA) is 62.9 Å². The Bertz CT molecular complexity index is 1220. The molecule has 1 saturated heterocycles. The monoisotopic (exact) mass is 433 g/mol. The zero-order chi connectivity index (χ0) is 22.2. The second-order valence-corrected chi connectivity index (χ2v) is 9.06. The van der Waals surface area contributed by atoms with Crippen LogP contribution in [-0.4, -0.2) is 51.2 Å². The molecule has 0 radical (unpaired) electrons. The zero-order valence-corrected chi connectivity index (χ0v) is 19.0. The van der Waals surface area contributed by atoms with Gasteiger partial charge in [-0.1, -0.05) is 12.1 Å². The van der Waals surface area contributed by atoms with E-state index in [1.165, 1.54) is 16.8 Å². The van der Waals surface area contributed by atoms with Crippen LogP contribution in [0.4, 0.5) is 5.69 Å². The van der Waals surface area contributed by atoms with E-state index in [-0.39, 0.29) is 11.5 Å². The molecule has 1 fully saturated rings. The molecule has 0 N–H and O–H groups in total. The predicted octanol–water partition coefficient (Wildman–Crippen LogP) is 2.73. The average molecular weight is 434 g/mol. The Kier molecular flexibility index (Phi) is 5.49. The number of amides is 1. The molecule has 0 spiro atoms. The van der Waals surface area contributed by atoms with Crippen molar-refractivity contribution in [2.75, 3.05) is 31.1 Å². The molecule has 0 atom stereocenters. The van der Waals surface area contributed by atoms with Gasteiger partial charge in [-0.15, -0.1) is 0 Å². The lowest BCUT2D eigenvalue weighted by atomic mass is 9.97. The maximum atomic E-state index is 13.1. The number of nitrogens with zero attached hydrogens (tertiary/aromatic N) is 5. The summed E-state index contributed by atoms with van der Waals surface area (Å²) in [7, 11) is 0. The van der Waals surface area contributed by atoms with Crippen LogP contribution in [-0.2, 0) is 24.2 Å². The van der Waals surface area contributed by atoms with Crippen LogP contribution in [0.3, 0.4) is 0 Å². The molecule has 1 aromatic carbocycles. The van der Waals surface area contributed by atoms with Gasteiger partial charge in [-0.3, -0.25) is 9.59 Å². The quantitative estimate of drug-likeness (QED) is 0.635. The Morgan fingerprint density at radius 1 is 1.03 bits per heavy atom. The summed E-state index contributed by atoms with van der Waals surface area (Å²) in [6.07, 6.45) is 8.06. The molecule has 0 bridgehead atoms. The second kappa shape index (κ2) is 8.45. The van der Waals surface area contributed by atoms with Crippen LogP contribution in [0.2, 0.25) is 0 Å². The van der Waals surface area contributed by atoms with Crippen molar-refractivity contribution < 1.29 is 4.79 Å². The van der Waals surface area contributed by atoms with E-state index >= 15 is 0 Å². The minimum Gasteiger partial charge on any atom is -0.368 e. The molecule has 3 heterocycles. The van der Waals surface area contributed by atoms with Gasteiger partial charge in [0.05, 0.1) is 5.69 Å². The smallest absolute Gasteiger partial charge is 0.276 e. The van der Waals surface area contributed by atoms with E-state index in [0.29, 0.717) is 18.5 Å². The summed E-state index contributed by atoms with van der Waals surface area (Å²) in [4.78, 5) is 30.3. The zero-order valence-electron chi connectivity index (χ0n) is 19.0. The number of carbonyl (C=O) groups excluding carboxylic acids is 1. The van der Waals surface area contributed by atoms with Gasteiger partial charge < -0.3 is 14.4 Å². The highest BCUT2D eigenvalue weighted by atomic mass is 16.2. The number of anilines is 1. The number of hydrogen-bond donors (Lipinski definition) is 0. The lowest BCUT2D eigenvalue weighted by Crippen LogP contribution is -2.49. The van der Waals surface area contributed by atoms with E-state index in [1.54, 1.807) is 15.3 Å². The molecule has 168 valence electrons. The summed E-state index contributed by atoms with van der Waals surface area (Å²) >= 11 is 0. The first-order chi connectivity index (χ1) is 15.5. The van der Waals surface area contributed by atoms with Crippen molar-refractivity contribution in [1.29, 1.82) is 0 Å². The standard InChI is InChI=1S/C25H31N5O2/c1-18-6-5-9-22(19(18)2)27-12-14-28(15-13-27)23(31)10-11-29-16-17-30-24(25(29)32)20-7-3-4-8-21(20)26-30/h5-6,9,16-17H,3-4,7-8,10-15H2,1-2H3. The van der Waals surface area contributed by atoms with Crippen LogP contribution in [0.5, 0.6) is 0 Å². The highest BCUT2D eigenvalue weighted by Gasteiger charge is 2.23. The first-order valence-electron chi connectivity index (χ1n) is 11.7. The van der Waals surface area contributed by atoms with E-state index in [9.17, 15) is 9.59 Å². The molecular formula is C25H31N5O2. The third-order valence-electron chi connectivity index (χ3n) is 7.15. The first kappa shape index (κ1) is 20.8. The largest absolute Gasteiger partial charge is 0.368 e. The molecule has 0 saturated carbocycles. The SMILES string of the molecule is Cc1cccc(N2CCN(C(=O)CCn3ccn4nc5c(c4c3=O)CCCC5)CC2)c1C. The van der Waals surface area contributed by atoms with Gasteiger partial charge in [0.1, 0.15) is 5.52 Å². The fraction of sp³-hybridized carbons (Fsp3) is 0.480. The van der Waals surface area contributed by atoms with Gasteiger partial charge in [-0.25, -0.2) is 4.52 Å². The number of benzene rings is 1. The number of carbonyl (C=O) groups is 1. The van der Waals surface area contributed by atoms with Gasteiger partial charge >= 0.3 is 0 Å². The number of piperazine rings is 1. The molecule has 7 heteroatoms. The normalized spacial score (nSPS) is 16.4. The maximum Gasteiger partial charge on any atom is 0.276 e. The van der Waals surface area contributed by atoms with E-state index in [4.69, 9.17) is 0 Å². The van der Waals surface area contributed by atoms with E-state index < -0.39 is 0 Å². The van der Waals surface area contributed by atoms with Crippen LogP contribution >= 0.6 is 0 Å². The highest BCUT2D eigenvalue weighted by molar-refractivity contribution is 5.76. The van der Waals surface area contributed by atoms with Crippen molar-refractivity contribution in [3.05, 3.63) is 63.3 Å². The summed E-state index contributed by atoms with van der Waals surface area (Å²) in [6.45, 7) is 7.82. The van der Waals surface area contributed by atoms with Gasteiger partial charge in [0, 0.05) is 62.8 Å². The lowest BCUT2D eigenvalue weighted by molar-refractivity contribution is -0.131. The number of aromatic nitrogens is 3. The molecule has 3 aromatic rings. The molecule has 1 aliphatic heterocycles. The summed E-state index contributed by atoms with van der Waals surface area (Å²) in [6, 6.07) is 6.40. The minimum atomic E-state index is -0.0318. The van der Waals surface area contributed by atoms with Crippen molar-refractivity contribution >= 4 is 17.1 Å². The van der Waals surface area contributed by atoms with Gasteiger partial charge in [-0.2, -0.15) is 5.10 Å². The fourth-order valence-corrected chi connectivity index (χ4v) is 5.08. The van der Waals surface area contributed by atoms with Gasteiger partial charge in [0.2, 0.25) is 5.91 Å². The Morgan fingerprint density at radius 3 is 2.62 bits per heavy atom. The summed E-state index contributed by atoms with van der Waals surface area (Å²) in [5.74, 6) is 0.118. The number of aryl methyl sites for hydroxylation is 4. The van der Waals surface area contributed by atoms with Crippen LogP contribution in [0.15, 0.2) is 35.4 Å². The van der Waals surface area contributed by atoms with E-state index in [1.807, 2.05) is 11.1 Å². The molecular weight excluding hydrogens is 402 g/mol. The Balaban J connectivity index is 1.23.